The summed E-state index contributed by atoms with van der Waals surface area (Å²) < 4.78 is 4.57. The van der Waals surface area contributed by atoms with E-state index in [1.165, 1.54) is 7.11 Å². The summed E-state index contributed by atoms with van der Waals surface area (Å²) in [4.78, 5) is 37.5. The zero-order valence-corrected chi connectivity index (χ0v) is 13.5. The smallest absolute Gasteiger partial charge is 0.325 e. The lowest BCUT2D eigenvalue weighted by molar-refractivity contribution is -0.141. The topological polar surface area (TPSA) is 75.7 Å². The van der Waals surface area contributed by atoms with Crippen molar-refractivity contribution >= 4 is 28.7 Å². The number of nitrogens with zero attached hydrogens (tertiary/aromatic N) is 1. The predicted molar refractivity (Wildman–Crippen MR) is 88.2 cm³/mol. The van der Waals surface area contributed by atoms with Gasteiger partial charge in [0.2, 0.25) is 0 Å². The molecule has 0 bridgehead atoms. The van der Waals surface area contributed by atoms with Crippen molar-refractivity contribution in [3.8, 4) is 0 Å². The second-order valence-corrected chi connectivity index (χ2v) is 5.86. The molecular formula is C18H18N2O4. The van der Waals surface area contributed by atoms with E-state index in [1.807, 2.05) is 42.5 Å². The lowest BCUT2D eigenvalue weighted by Gasteiger charge is -2.24. The first-order valence-electron chi connectivity index (χ1n) is 7.66. The number of nitrogens with one attached hydrogen (secondary N) is 1. The van der Waals surface area contributed by atoms with Gasteiger partial charge in [-0.2, -0.15) is 0 Å². The molecule has 0 unspecified atom stereocenters. The minimum atomic E-state index is -1.16. The summed E-state index contributed by atoms with van der Waals surface area (Å²) in [5.74, 6) is -0.831. The molecule has 0 radical (unpaired) electrons. The van der Waals surface area contributed by atoms with E-state index in [1.54, 1.807) is 6.92 Å². The molecule has 2 aromatic carbocycles. The molecule has 0 aliphatic carbocycles. The first-order chi connectivity index (χ1) is 11.5. The molecule has 24 heavy (non-hydrogen) atoms. The van der Waals surface area contributed by atoms with Gasteiger partial charge in [0.05, 0.1) is 13.5 Å². The van der Waals surface area contributed by atoms with E-state index >= 15 is 0 Å². The van der Waals surface area contributed by atoms with Crippen molar-refractivity contribution in [2.75, 3.05) is 13.7 Å². The predicted octanol–water partition coefficient (Wildman–Crippen LogP) is 2.17. The van der Waals surface area contributed by atoms with Crippen LogP contribution in [0.4, 0.5) is 4.79 Å². The Morgan fingerprint density at radius 3 is 2.62 bits per heavy atom. The molecular weight excluding hydrogens is 308 g/mol. The maximum absolute atomic E-state index is 12.9. The largest absolute Gasteiger partial charge is 0.469 e. The molecule has 1 N–H and O–H groups in total. The second kappa shape index (κ2) is 5.96. The molecule has 6 heteroatoms. The molecule has 1 saturated heterocycles. The average molecular weight is 326 g/mol. The SMILES string of the molecule is COC(=O)CCN1C(=O)N[C@](C)(c2cccc3ccccc23)C1=O. The van der Waals surface area contributed by atoms with Gasteiger partial charge in [-0.05, 0) is 23.3 Å². The summed E-state index contributed by atoms with van der Waals surface area (Å²) in [5.41, 5.74) is -0.423. The van der Waals surface area contributed by atoms with Gasteiger partial charge in [0.15, 0.2) is 0 Å². The van der Waals surface area contributed by atoms with Gasteiger partial charge in [-0.25, -0.2) is 4.79 Å². The highest BCUT2D eigenvalue weighted by Gasteiger charge is 2.49. The van der Waals surface area contributed by atoms with E-state index in [-0.39, 0.29) is 18.9 Å². The van der Waals surface area contributed by atoms with Crippen LogP contribution in [0, 0.1) is 0 Å². The molecule has 1 aliphatic heterocycles. The van der Waals surface area contributed by atoms with Crippen molar-refractivity contribution in [1.29, 1.82) is 0 Å². The Morgan fingerprint density at radius 1 is 1.17 bits per heavy atom. The third-order valence-electron chi connectivity index (χ3n) is 4.37. The normalized spacial score (nSPS) is 20.3. The number of amides is 3. The number of carbonyl (C=O) groups is 3. The van der Waals surface area contributed by atoms with Crippen molar-refractivity contribution in [1.82, 2.24) is 10.2 Å². The molecule has 0 aromatic heterocycles. The van der Waals surface area contributed by atoms with E-state index in [4.69, 9.17) is 0 Å². The molecule has 124 valence electrons. The Bertz CT molecular complexity index is 827. The van der Waals surface area contributed by atoms with Gasteiger partial charge < -0.3 is 10.1 Å². The number of ether oxygens (including phenoxy) is 1. The van der Waals surface area contributed by atoms with E-state index in [9.17, 15) is 14.4 Å². The number of carbonyl (C=O) groups excluding carboxylic acids is 3. The van der Waals surface area contributed by atoms with Gasteiger partial charge in [-0.15, -0.1) is 0 Å². The van der Waals surface area contributed by atoms with E-state index in [0.717, 1.165) is 21.2 Å². The standard InChI is InChI=1S/C18H18N2O4/c1-18(14-9-5-7-12-6-3-4-8-13(12)14)16(22)20(17(23)19-18)11-10-15(21)24-2/h3-9H,10-11H2,1-2H3,(H,19,23)/t18-/m1/s1. The molecule has 1 fully saturated rings. The first-order valence-corrected chi connectivity index (χ1v) is 7.66. The Morgan fingerprint density at radius 2 is 1.88 bits per heavy atom. The highest BCUT2D eigenvalue weighted by molar-refractivity contribution is 6.09. The van der Waals surface area contributed by atoms with Gasteiger partial charge in [0.25, 0.3) is 5.91 Å². The third kappa shape index (κ3) is 2.50. The average Bonchev–Trinajstić information content (AvgIpc) is 2.82. The quantitative estimate of drug-likeness (QED) is 0.690. The number of esters is 1. The number of fused-ring (bicyclic) bond motifs is 1. The Labute approximate surface area is 139 Å². The molecule has 1 atom stereocenters. The zero-order valence-electron chi connectivity index (χ0n) is 13.5. The van der Waals surface area contributed by atoms with Gasteiger partial charge in [0.1, 0.15) is 5.54 Å². The van der Waals surface area contributed by atoms with Crippen LogP contribution in [-0.2, 0) is 19.9 Å². The van der Waals surface area contributed by atoms with Crippen LogP contribution >= 0.6 is 0 Å². The monoisotopic (exact) mass is 326 g/mol. The maximum atomic E-state index is 12.9. The molecule has 0 saturated carbocycles. The molecule has 1 heterocycles. The van der Waals surface area contributed by atoms with Crippen molar-refractivity contribution in [2.24, 2.45) is 0 Å². The summed E-state index contributed by atoms with van der Waals surface area (Å²) in [7, 11) is 1.27. The summed E-state index contributed by atoms with van der Waals surface area (Å²) in [6, 6.07) is 12.9. The molecule has 1 aliphatic rings. The lowest BCUT2D eigenvalue weighted by atomic mass is 9.88. The third-order valence-corrected chi connectivity index (χ3v) is 4.37. The highest BCUT2D eigenvalue weighted by Crippen LogP contribution is 2.33. The summed E-state index contributed by atoms with van der Waals surface area (Å²) in [6.45, 7) is 1.69. The highest BCUT2D eigenvalue weighted by atomic mass is 16.5. The molecule has 2 aromatic rings. The van der Waals surface area contributed by atoms with Crippen LogP contribution in [0.5, 0.6) is 0 Å². The number of urea groups is 1. The fourth-order valence-electron chi connectivity index (χ4n) is 3.05. The number of methoxy groups -OCH3 is 1. The van der Waals surface area contributed by atoms with E-state index in [2.05, 4.69) is 10.1 Å². The number of hydrogen-bond donors (Lipinski definition) is 1. The van der Waals surface area contributed by atoms with Gasteiger partial charge in [-0.3, -0.25) is 14.5 Å². The van der Waals surface area contributed by atoms with Crippen LogP contribution in [0.1, 0.15) is 18.9 Å². The fourth-order valence-corrected chi connectivity index (χ4v) is 3.05. The van der Waals surface area contributed by atoms with Crippen LogP contribution in [0.25, 0.3) is 10.8 Å². The minimum Gasteiger partial charge on any atom is -0.469 e. The minimum absolute atomic E-state index is 0.00229. The zero-order chi connectivity index (χ0) is 17.3. The second-order valence-electron chi connectivity index (χ2n) is 5.86. The molecule has 6 nitrogen and oxygen atoms in total. The van der Waals surface area contributed by atoms with Crippen LogP contribution in [0.2, 0.25) is 0 Å². The lowest BCUT2D eigenvalue weighted by Crippen LogP contribution is -2.41. The van der Waals surface area contributed by atoms with Crippen LogP contribution < -0.4 is 5.32 Å². The Hall–Kier alpha value is -2.89. The Balaban J connectivity index is 1.97. The molecule has 3 rings (SSSR count). The molecule has 0 spiro atoms. The van der Waals surface area contributed by atoms with Gasteiger partial charge >= 0.3 is 12.0 Å². The molecule has 3 amide bonds. The number of hydrogen-bond acceptors (Lipinski definition) is 4. The van der Waals surface area contributed by atoms with Gasteiger partial charge in [-0.1, -0.05) is 42.5 Å². The first kappa shape index (κ1) is 16.0. The van der Waals surface area contributed by atoms with Crippen LogP contribution in [0.3, 0.4) is 0 Å². The number of rotatable bonds is 4. The number of benzene rings is 2. The van der Waals surface area contributed by atoms with E-state index < -0.39 is 17.5 Å². The summed E-state index contributed by atoms with van der Waals surface area (Å²) in [5, 5.41) is 4.67. The van der Waals surface area contributed by atoms with Crippen LogP contribution in [0.15, 0.2) is 42.5 Å². The van der Waals surface area contributed by atoms with Crippen LogP contribution in [-0.4, -0.2) is 36.5 Å². The van der Waals surface area contributed by atoms with Crippen molar-refractivity contribution in [2.45, 2.75) is 18.9 Å². The number of imide groups is 1. The summed E-state index contributed by atoms with van der Waals surface area (Å²) in [6.07, 6.45) is -0.0265. The maximum Gasteiger partial charge on any atom is 0.325 e. The van der Waals surface area contributed by atoms with E-state index in [0.29, 0.717) is 0 Å². The Kier molecular flexibility index (Phi) is 3.97. The van der Waals surface area contributed by atoms with Crippen molar-refractivity contribution in [3.63, 3.8) is 0 Å². The summed E-state index contributed by atoms with van der Waals surface area (Å²) >= 11 is 0. The van der Waals surface area contributed by atoms with Crippen molar-refractivity contribution < 1.29 is 19.1 Å². The van der Waals surface area contributed by atoms with Gasteiger partial charge in [0, 0.05) is 6.54 Å². The van der Waals surface area contributed by atoms with Crippen molar-refractivity contribution in [3.05, 3.63) is 48.0 Å². The fraction of sp³-hybridized carbons (Fsp3) is 0.278.